The van der Waals surface area contributed by atoms with Crippen molar-refractivity contribution in [2.24, 2.45) is 0 Å². The van der Waals surface area contributed by atoms with Gasteiger partial charge in [0.15, 0.2) is 11.6 Å². The first-order valence-corrected chi connectivity index (χ1v) is 6.22. The highest BCUT2D eigenvalue weighted by Gasteiger charge is 2.18. The number of aromatic nitrogens is 2. The van der Waals surface area contributed by atoms with Gasteiger partial charge in [-0.1, -0.05) is 19.9 Å². The molecule has 100 valence electrons. The number of hydrogen-bond acceptors (Lipinski definition) is 4. The van der Waals surface area contributed by atoms with E-state index >= 15 is 0 Å². The van der Waals surface area contributed by atoms with Crippen LogP contribution in [0.4, 0.5) is 0 Å². The number of aryl methyl sites for hydroxylation is 1. The van der Waals surface area contributed by atoms with Crippen LogP contribution in [0.1, 0.15) is 47.5 Å². The molecule has 1 N–H and O–H groups in total. The van der Waals surface area contributed by atoms with Crippen molar-refractivity contribution in [3.05, 3.63) is 47.4 Å². The second kappa shape index (κ2) is 5.65. The van der Waals surface area contributed by atoms with Crippen LogP contribution in [0.5, 0.6) is 0 Å². The van der Waals surface area contributed by atoms with Gasteiger partial charge >= 0.3 is 0 Å². The van der Waals surface area contributed by atoms with Crippen LogP contribution >= 0.6 is 0 Å². The monoisotopic (exact) mass is 259 g/mol. The second-order valence-corrected chi connectivity index (χ2v) is 4.66. The van der Waals surface area contributed by atoms with Crippen LogP contribution in [0.25, 0.3) is 0 Å². The van der Waals surface area contributed by atoms with Gasteiger partial charge in [-0.25, -0.2) is 4.98 Å². The summed E-state index contributed by atoms with van der Waals surface area (Å²) in [6.45, 7) is 6.12. The normalized spacial score (nSPS) is 10.7. The summed E-state index contributed by atoms with van der Waals surface area (Å²) < 4.78 is 5.46. The van der Waals surface area contributed by atoms with Crippen LogP contribution in [0.3, 0.4) is 0 Å². The topological polar surface area (TPSA) is 68.0 Å². The molecule has 5 heteroatoms. The van der Waals surface area contributed by atoms with Crippen LogP contribution in [0, 0.1) is 6.92 Å². The molecule has 0 saturated carbocycles. The summed E-state index contributed by atoms with van der Waals surface area (Å²) >= 11 is 0. The Morgan fingerprint density at radius 2 is 2.26 bits per heavy atom. The Morgan fingerprint density at radius 1 is 1.47 bits per heavy atom. The van der Waals surface area contributed by atoms with Crippen LogP contribution in [0.2, 0.25) is 0 Å². The number of oxazole rings is 1. The fourth-order valence-corrected chi connectivity index (χ4v) is 1.64. The number of pyridine rings is 1. The third-order valence-corrected chi connectivity index (χ3v) is 2.70. The molecule has 2 aromatic heterocycles. The van der Waals surface area contributed by atoms with E-state index in [1.54, 1.807) is 19.3 Å². The molecule has 5 nitrogen and oxygen atoms in total. The molecule has 19 heavy (non-hydrogen) atoms. The third-order valence-electron chi connectivity index (χ3n) is 2.70. The van der Waals surface area contributed by atoms with Gasteiger partial charge in [0.05, 0.1) is 0 Å². The summed E-state index contributed by atoms with van der Waals surface area (Å²) in [5.74, 6) is 1.08. The first-order valence-electron chi connectivity index (χ1n) is 6.22. The Kier molecular flexibility index (Phi) is 3.94. The molecule has 2 rings (SSSR count). The van der Waals surface area contributed by atoms with Gasteiger partial charge in [-0.2, -0.15) is 0 Å². The quantitative estimate of drug-likeness (QED) is 0.915. The summed E-state index contributed by atoms with van der Waals surface area (Å²) in [6, 6.07) is 3.74. The predicted molar refractivity (Wildman–Crippen MR) is 70.7 cm³/mol. The van der Waals surface area contributed by atoms with Crippen molar-refractivity contribution in [3.8, 4) is 0 Å². The Hall–Kier alpha value is -2.17. The van der Waals surface area contributed by atoms with Gasteiger partial charge in [-0.3, -0.25) is 9.78 Å². The lowest BCUT2D eigenvalue weighted by molar-refractivity contribution is 0.0945. The fraction of sp³-hybridized carbons (Fsp3) is 0.357. The van der Waals surface area contributed by atoms with Gasteiger partial charge in [0.1, 0.15) is 5.76 Å². The maximum absolute atomic E-state index is 12.0. The molecule has 0 unspecified atom stereocenters. The first kappa shape index (κ1) is 13.3. The number of nitrogens with zero attached hydrogens (tertiary/aromatic N) is 2. The molecule has 2 heterocycles. The van der Waals surface area contributed by atoms with Crippen LogP contribution in [-0.4, -0.2) is 15.9 Å². The number of carbonyl (C=O) groups excluding carboxylic acids is 1. The van der Waals surface area contributed by atoms with Crippen molar-refractivity contribution in [1.82, 2.24) is 15.3 Å². The first-order chi connectivity index (χ1) is 9.08. The Morgan fingerprint density at radius 3 is 2.84 bits per heavy atom. The molecule has 0 saturated heterocycles. The molecule has 0 spiro atoms. The Bertz CT molecular complexity index is 561. The fourth-order valence-electron chi connectivity index (χ4n) is 1.64. The largest absolute Gasteiger partial charge is 0.445 e. The zero-order valence-electron chi connectivity index (χ0n) is 11.3. The molecule has 0 aliphatic carbocycles. The van der Waals surface area contributed by atoms with E-state index in [9.17, 15) is 4.79 Å². The number of amides is 1. The van der Waals surface area contributed by atoms with E-state index in [0.717, 1.165) is 5.56 Å². The average Bonchev–Trinajstić information content (AvgIpc) is 2.80. The molecule has 2 aromatic rings. The second-order valence-electron chi connectivity index (χ2n) is 4.66. The SMILES string of the molecule is Cc1oc(C(C)C)nc1C(=O)NCc1cccnc1. The average molecular weight is 259 g/mol. The summed E-state index contributed by atoms with van der Waals surface area (Å²) in [7, 11) is 0. The lowest BCUT2D eigenvalue weighted by atomic mass is 10.2. The highest BCUT2D eigenvalue weighted by Crippen LogP contribution is 2.17. The summed E-state index contributed by atoms with van der Waals surface area (Å²) in [6.07, 6.45) is 3.41. The maximum atomic E-state index is 12.0. The molecule has 0 bridgehead atoms. The molecule has 0 fully saturated rings. The molecule has 0 atom stereocenters. The molecule has 0 aliphatic rings. The number of hydrogen-bond donors (Lipinski definition) is 1. The molecule has 1 amide bonds. The molecule has 0 radical (unpaired) electrons. The van der Waals surface area contributed by atoms with Crippen molar-refractivity contribution >= 4 is 5.91 Å². The summed E-state index contributed by atoms with van der Waals surface area (Å²) in [5, 5.41) is 2.81. The molecular formula is C14H17N3O2. The smallest absolute Gasteiger partial charge is 0.273 e. The minimum atomic E-state index is -0.225. The summed E-state index contributed by atoms with van der Waals surface area (Å²) in [5.41, 5.74) is 1.30. The van der Waals surface area contributed by atoms with Gasteiger partial charge in [0.2, 0.25) is 0 Å². The standard InChI is InChI=1S/C14H17N3O2/c1-9(2)14-17-12(10(3)19-14)13(18)16-8-11-5-4-6-15-7-11/h4-7,9H,8H2,1-3H3,(H,16,18). The third kappa shape index (κ3) is 3.19. The van der Waals surface area contributed by atoms with Gasteiger partial charge in [0.25, 0.3) is 5.91 Å². The Labute approximate surface area is 112 Å². The minimum Gasteiger partial charge on any atom is -0.445 e. The van der Waals surface area contributed by atoms with Gasteiger partial charge < -0.3 is 9.73 Å². The van der Waals surface area contributed by atoms with Gasteiger partial charge in [-0.15, -0.1) is 0 Å². The lowest BCUT2D eigenvalue weighted by Crippen LogP contribution is -2.24. The zero-order valence-corrected chi connectivity index (χ0v) is 11.3. The highest BCUT2D eigenvalue weighted by atomic mass is 16.4. The van der Waals surface area contributed by atoms with E-state index in [1.807, 2.05) is 26.0 Å². The van der Waals surface area contributed by atoms with E-state index < -0.39 is 0 Å². The van der Waals surface area contributed by atoms with E-state index in [1.165, 1.54) is 0 Å². The van der Waals surface area contributed by atoms with Gasteiger partial charge in [0, 0.05) is 24.9 Å². The number of rotatable bonds is 4. The summed E-state index contributed by atoms with van der Waals surface area (Å²) in [4.78, 5) is 20.2. The van der Waals surface area contributed by atoms with E-state index in [0.29, 0.717) is 23.9 Å². The molecule has 0 aromatic carbocycles. The highest BCUT2D eigenvalue weighted by molar-refractivity contribution is 5.93. The predicted octanol–water partition coefficient (Wildman–Crippen LogP) is 2.43. The number of nitrogens with one attached hydrogen (secondary N) is 1. The van der Waals surface area contributed by atoms with E-state index in [4.69, 9.17) is 4.42 Å². The Balaban J connectivity index is 2.04. The van der Waals surface area contributed by atoms with Crippen LogP contribution in [0.15, 0.2) is 28.9 Å². The van der Waals surface area contributed by atoms with Crippen molar-refractivity contribution in [2.45, 2.75) is 33.2 Å². The van der Waals surface area contributed by atoms with Crippen molar-refractivity contribution in [3.63, 3.8) is 0 Å². The number of carbonyl (C=O) groups is 1. The van der Waals surface area contributed by atoms with Crippen molar-refractivity contribution in [2.75, 3.05) is 0 Å². The lowest BCUT2D eigenvalue weighted by Gasteiger charge is -2.02. The molecule has 0 aliphatic heterocycles. The van der Waals surface area contributed by atoms with Gasteiger partial charge in [-0.05, 0) is 18.6 Å². The van der Waals surface area contributed by atoms with E-state index in [2.05, 4.69) is 15.3 Å². The molecular weight excluding hydrogens is 242 g/mol. The van der Waals surface area contributed by atoms with Crippen LogP contribution < -0.4 is 5.32 Å². The van der Waals surface area contributed by atoms with Crippen molar-refractivity contribution < 1.29 is 9.21 Å². The minimum absolute atomic E-state index is 0.165. The van der Waals surface area contributed by atoms with E-state index in [-0.39, 0.29) is 11.8 Å². The zero-order chi connectivity index (χ0) is 13.8. The maximum Gasteiger partial charge on any atom is 0.273 e. The van der Waals surface area contributed by atoms with Crippen LogP contribution in [-0.2, 0) is 6.54 Å². The van der Waals surface area contributed by atoms with Crippen molar-refractivity contribution in [1.29, 1.82) is 0 Å².